The molecule has 1 fully saturated rings. The van der Waals surface area contributed by atoms with Gasteiger partial charge < -0.3 is 24.8 Å². The summed E-state index contributed by atoms with van der Waals surface area (Å²) in [6.07, 6.45) is -1.85. The van der Waals surface area contributed by atoms with E-state index in [0.29, 0.717) is 14.9 Å². The Hall–Kier alpha value is -1.54. The highest BCUT2D eigenvalue weighted by Gasteiger charge is 2.48. The van der Waals surface area contributed by atoms with E-state index in [0.717, 1.165) is 12.1 Å². The van der Waals surface area contributed by atoms with Crippen molar-refractivity contribution in [3.8, 4) is 11.3 Å². The van der Waals surface area contributed by atoms with Gasteiger partial charge >= 0.3 is 0 Å². The molecule has 1 aliphatic rings. The van der Waals surface area contributed by atoms with Crippen molar-refractivity contribution in [2.45, 2.75) is 34.7 Å². The fraction of sp³-hybridized carbons (Fsp3) is 0.364. The smallest absolute Gasteiger partial charge is 0.145 e. The molecule has 0 bridgehead atoms. The van der Waals surface area contributed by atoms with Crippen molar-refractivity contribution >= 4 is 46.6 Å². The number of thioether (sulfide) groups is 1. The predicted octanol–water partition coefficient (Wildman–Crippen LogP) is 3.97. The molecule has 0 aliphatic carbocycles. The fourth-order valence-corrected chi connectivity index (χ4v) is 5.41. The number of rotatable bonds is 8. The first kappa shape index (κ1) is 27.5. The summed E-state index contributed by atoms with van der Waals surface area (Å²) in [6, 6.07) is 6.04. The van der Waals surface area contributed by atoms with Gasteiger partial charge in [0, 0.05) is 10.5 Å². The highest BCUT2D eigenvalue weighted by atomic mass is 35.5. The van der Waals surface area contributed by atoms with Crippen molar-refractivity contribution in [3.63, 3.8) is 0 Å². The molecule has 1 aromatic heterocycles. The van der Waals surface area contributed by atoms with Crippen LogP contribution in [-0.2, 0) is 9.47 Å². The summed E-state index contributed by atoms with van der Waals surface area (Å²) in [5, 5.41) is 38.3. The molecule has 2 aromatic carbocycles. The van der Waals surface area contributed by atoms with Crippen LogP contribution in [0.2, 0.25) is 15.1 Å². The number of benzene rings is 2. The molecule has 0 amide bonds. The Morgan fingerprint density at radius 1 is 1.08 bits per heavy atom. The second kappa shape index (κ2) is 11.9. The van der Waals surface area contributed by atoms with E-state index < -0.39 is 53.1 Å². The summed E-state index contributed by atoms with van der Waals surface area (Å²) in [5.74, 6) is -1.93. The third-order valence-corrected chi connectivity index (χ3v) is 7.70. The second-order valence-electron chi connectivity index (χ2n) is 7.80. The lowest BCUT2D eigenvalue weighted by Crippen LogP contribution is -2.56. The normalized spacial score (nSPS) is 24.3. The predicted molar refractivity (Wildman–Crippen MR) is 130 cm³/mol. The van der Waals surface area contributed by atoms with Gasteiger partial charge in [0.05, 0.1) is 36.1 Å². The van der Waals surface area contributed by atoms with Gasteiger partial charge in [-0.3, -0.25) is 0 Å². The van der Waals surface area contributed by atoms with Crippen molar-refractivity contribution in [1.29, 1.82) is 0 Å². The minimum Gasteiger partial charge on any atom is -0.394 e. The monoisotopic (exact) mass is 581 g/mol. The summed E-state index contributed by atoms with van der Waals surface area (Å²) < 4.78 is 41.0. The average Bonchev–Trinajstić information content (AvgIpc) is 3.34. The maximum Gasteiger partial charge on any atom is 0.145 e. The number of halogens is 5. The van der Waals surface area contributed by atoms with E-state index in [1.54, 1.807) is 18.2 Å². The number of aliphatic hydroxyl groups is 3. The molecule has 2 heterocycles. The van der Waals surface area contributed by atoms with Crippen LogP contribution >= 0.6 is 46.6 Å². The number of aromatic nitrogens is 3. The van der Waals surface area contributed by atoms with Crippen LogP contribution in [-0.4, -0.2) is 73.9 Å². The Balaban J connectivity index is 1.70. The van der Waals surface area contributed by atoms with Gasteiger partial charge in [-0.1, -0.05) is 51.8 Å². The van der Waals surface area contributed by atoms with Gasteiger partial charge in [-0.15, -0.1) is 5.10 Å². The minimum absolute atomic E-state index is 0.0791. The lowest BCUT2D eigenvalue weighted by molar-refractivity contribution is -0.194. The molecule has 0 radical (unpaired) electrons. The van der Waals surface area contributed by atoms with E-state index in [9.17, 15) is 24.1 Å². The van der Waals surface area contributed by atoms with Crippen LogP contribution in [0.3, 0.4) is 0 Å². The number of hydrogen-bond acceptors (Lipinski definition) is 8. The molecule has 5 atom stereocenters. The van der Waals surface area contributed by atoms with Crippen LogP contribution in [0.25, 0.3) is 11.3 Å². The molecule has 1 saturated heterocycles. The number of hydrogen-bond donors (Lipinski definition) is 3. The Morgan fingerprint density at radius 3 is 2.44 bits per heavy atom. The molecule has 36 heavy (non-hydrogen) atoms. The van der Waals surface area contributed by atoms with Crippen molar-refractivity contribution < 1.29 is 33.6 Å². The summed E-state index contributed by atoms with van der Waals surface area (Å²) >= 11 is 18.9. The molecule has 3 N–H and O–H groups in total. The van der Waals surface area contributed by atoms with Crippen molar-refractivity contribution in [1.82, 2.24) is 15.0 Å². The third kappa shape index (κ3) is 5.79. The maximum absolute atomic E-state index is 14.0. The first-order chi connectivity index (χ1) is 17.2. The molecule has 2 unspecified atom stereocenters. The standard InChI is InChI=1S/C22H20Cl3F2N3O5S/c23-12-2-1-11(7-13(12)24)36-22-21(34-4-3-31)19(20(33)17(9-32)35-22)30-8-16(28-29-30)10-5-14(26)18(25)15(27)6-10/h1-2,5-8,17,19-22,31-33H,3-4,9H2/t17?,19?,20-,21-,22+/m0/s1. The third-order valence-electron chi connectivity index (χ3n) is 5.46. The topological polar surface area (TPSA) is 110 Å². The van der Waals surface area contributed by atoms with Crippen molar-refractivity contribution in [2.24, 2.45) is 0 Å². The number of nitrogens with zero attached hydrogens (tertiary/aromatic N) is 3. The largest absolute Gasteiger partial charge is 0.394 e. The zero-order valence-electron chi connectivity index (χ0n) is 18.3. The summed E-state index contributed by atoms with van der Waals surface area (Å²) in [7, 11) is 0. The molecule has 1 aliphatic heterocycles. The highest BCUT2D eigenvalue weighted by molar-refractivity contribution is 7.99. The molecular formula is C22H20Cl3F2N3O5S. The quantitative estimate of drug-likeness (QED) is 0.343. The molecule has 3 aromatic rings. The van der Waals surface area contributed by atoms with Gasteiger partial charge in [0.15, 0.2) is 0 Å². The van der Waals surface area contributed by atoms with Gasteiger partial charge in [0.2, 0.25) is 0 Å². The lowest BCUT2D eigenvalue weighted by Gasteiger charge is -2.43. The van der Waals surface area contributed by atoms with Crippen LogP contribution in [0.1, 0.15) is 6.04 Å². The van der Waals surface area contributed by atoms with Gasteiger partial charge in [0.1, 0.15) is 52.1 Å². The first-order valence-corrected chi connectivity index (χ1v) is 12.6. The van der Waals surface area contributed by atoms with Crippen LogP contribution in [0.5, 0.6) is 0 Å². The van der Waals surface area contributed by atoms with Crippen molar-refractivity contribution in [2.75, 3.05) is 19.8 Å². The molecule has 0 spiro atoms. The van der Waals surface area contributed by atoms with E-state index in [1.165, 1.54) is 22.6 Å². The van der Waals surface area contributed by atoms with E-state index >= 15 is 0 Å². The molecule has 4 rings (SSSR count). The Labute approximate surface area is 223 Å². The summed E-state index contributed by atoms with van der Waals surface area (Å²) in [4.78, 5) is 0.672. The molecular weight excluding hydrogens is 563 g/mol. The van der Waals surface area contributed by atoms with E-state index in [2.05, 4.69) is 10.3 Å². The van der Waals surface area contributed by atoms with Crippen LogP contribution in [0.4, 0.5) is 8.78 Å². The number of aliphatic hydroxyl groups excluding tert-OH is 3. The fourth-order valence-electron chi connectivity index (χ4n) is 3.77. The lowest BCUT2D eigenvalue weighted by atomic mass is 9.97. The average molecular weight is 583 g/mol. The van der Waals surface area contributed by atoms with Gasteiger partial charge in [0.25, 0.3) is 0 Å². The Kier molecular flexibility index (Phi) is 9.08. The van der Waals surface area contributed by atoms with E-state index in [4.69, 9.17) is 44.3 Å². The van der Waals surface area contributed by atoms with Crippen LogP contribution in [0, 0.1) is 11.6 Å². The second-order valence-corrected chi connectivity index (χ2v) is 10.2. The van der Waals surface area contributed by atoms with Crippen LogP contribution in [0.15, 0.2) is 41.4 Å². The van der Waals surface area contributed by atoms with Crippen LogP contribution < -0.4 is 0 Å². The zero-order chi connectivity index (χ0) is 26.0. The van der Waals surface area contributed by atoms with E-state index in [-0.39, 0.29) is 24.5 Å². The molecule has 14 heteroatoms. The SMILES string of the molecule is OCCO[C@H]1C(n2cc(-c3cc(F)c(Cl)c(F)c3)nn2)[C@@H](O)C(CO)O[C@@H]1Sc1ccc(Cl)c(Cl)c1. The summed E-state index contributed by atoms with van der Waals surface area (Å²) in [6.45, 7) is -0.911. The van der Waals surface area contributed by atoms with Gasteiger partial charge in [-0.25, -0.2) is 13.5 Å². The summed E-state index contributed by atoms with van der Waals surface area (Å²) in [5.41, 5.74) is -0.605. The highest BCUT2D eigenvalue weighted by Crippen LogP contribution is 2.41. The molecule has 194 valence electrons. The van der Waals surface area contributed by atoms with Gasteiger partial charge in [-0.2, -0.15) is 0 Å². The minimum atomic E-state index is -1.31. The molecule has 8 nitrogen and oxygen atoms in total. The Bertz CT molecular complexity index is 1200. The van der Waals surface area contributed by atoms with Crippen molar-refractivity contribution in [3.05, 3.63) is 63.2 Å². The van der Waals surface area contributed by atoms with Gasteiger partial charge in [-0.05, 0) is 30.3 Å². The number of ether oxygens (including phenoxy) is 2. The zero-order valence-corrected chi connectivity index (χ0v) is 21.4. The maximum atomic E-state index is 14.0. The Morgan fingerprint density at radius 2 is 1.81 bits per heavy atom. The first-order valence-electron chi connectivity index (χ1n) is 10.6. The molecule has 0 saturated carbocycles. The van der Waals surface area contributed by atoms with E-state index in [1.807, 2.05) is 0 Å².